The molecule has 2 heterocycles. The number of fused-ring (bicyclic) bond motifs is 2. The predicted octanol–water partition coefficient (Wildman–Crippen LogP) is 4.94. The van der Waals surface area contributed by atoms with E-state index in [9.17, 15) is 19.7 Å². The maximum absolute atomic E-state index is 13.9. The second-order valence-electron chi connectivity index (χ2n) is 8.83. The Kier molecular flexibility index (Phi) is 5.36. The molecule has 2 amide bonds. The molecule has 1 aliphatic heterocycles. The maximum atomic E-state index is 13.9. The highest BCUT2D eigenvalue weighted by molar-refractivity contribution is 6.05. The lowest BCUT2D eigenvalue weighted by Crippen LogP contribution is -2.44. The molecule has 0 saturated carbocycles. The van der Waals surface area contributed by atoms with Crippen LogP contribution < -0.4 is 5.32 Å². The van der Waals surface area contributed by atoms with Gasteiger partial charge in [-0.1, -0.05) is 42.5 Å². The summed E-state index contributed by atoms with van der Waals surface area (Å²) in [6.07, 6.45) is 1.96. The van der Waals surface area contributed by atoms with Gasteiger partial charge in [0, 0.05) is 48.4 Å². The van der Waals surface area contributed by atoms with Crippen molar-refractivity contribution in [2.24, 2.45) is 7.05 Å². The van der Waals surface area contributed by atoms with E-state index in [1.165, 1.54) is 6.07 Å². The summed E-state index contributed by atoms with van der Waals surface area (Å²) in [5.41, 5.74) is 3.65. The largest absolute Gasteiger partial charge is 0.350 e. The van der Waals surface area contributed by atoms with E-state index >= 15 is 0 Å². The van der Waals surface area contributed by atoms with E-state index in [0.717, 1.165) is 16.5 Å². The van der Waals surface area contributed by atoms with E-state index in [4.69, 9.17) is 0 Å². The standard InChI is InChI=1S/C27H24N4O4/c1-16-21(12-8-14-22(16)31(34)35)28-26(32)24-18-10-4-5-11-19(18)27(33)30(3)25(24)20-15-29(2)23-13-7-6-9-17(20)23/h4-15,24-25H,1-3H3,(H,28,32)/t24-,25-/m0/s1. The van der Waals surface area contributed by atoms with Gasteiger partial charge in [0.05, 0.1) is 28.1 Å². The summed E-state index contributed by atoms with van der Waals surface area (Å²) in [7, 11) is 3.65. The summed E-state index contributed by atoms with van der Waals surface area (Å²) >= 11 is 0. The smallest absolute Gasteiger partial charge is 0.274 e. The van der Waals surface area contributed by atoms with Crippen molar-refractivity contribution in [2.45, 2.75) is 18.9 Å². The van der Waals surface area contributed by atoms with Crippen LogP contribution in [0, 0.1) is 17.0 Å². The molecular formula is C27H24N4O4. The molecule has 3 aromatic carbocycles. The molecule has 0 spiro atoms. The maximum Gasteiger partial charge on any atom is 0.274 e. The number of nitro benzene ring substituents is 1. The Bertz CT molecular complexity index is 1510. The van der Waals surface area contributed by atoms with Crippen molar-refractivity contribution in [2.75, 3.05) is 12.4 Å². The topological polar surface area (TPSA) is 97.5 Å². The van der Waals surface area contributed by atoms with Crippen molar-refractivity contribution in [3.05, 3.63) is 105 Å². The van der Waals surface area contributed by atoms with Crippen LogP contribution in [0.1, 0.15) is 39.0 Å². The van der Waals surface area contributed by atoms with Gasteiger partial charge in [0.1, 0.15) is 0 Å². The number of nitro groups is 1. The first-order valence-corrected chi connectivity index (χ1v) is 11.2. The Labute approximate surface area is 201 Å². The minimum Gasteiger partial charge on any atom is -0.350 e. The van der Waals surface area contributed by atoms with Crippen LogP contribution >= 0.6 is 0 Å². The zero-order valence-corrected chi connectivity index (χ0v) is 19.6. The van der Waals surface area contributed by atoms with Gasteiger partial charge in [-0.05, 0) is 30.7 Å². The second kappa shape index (κ2) is 8.39. The molecule has 1 aliphatic rings. The number of benzene rings is 3. The third-order valence-electron chi connectivity index (χ3n) is 6.87. The highest BCUT2D eigenvalue weighted by Gasteiger charge is 2.43. The van der Waals surface area contributed by atoms with Crippen molar-refractivity contribution in [3.8, 4) is 0 Å². The molecule has 0 bridgehead atoms. The lowest BCUT2D eigenvalue weighted by Gasteiger charge is -2.39. The van der Waals surface area contributed by atoms with Gasteiger partial charge in [0.2, 0.25) is 5.91 Å². The molecular weight excluding hydrogens is 444 g/mol. The van der Waals surface area contributed by atoms with Crippen molar-refractivity contribution in [1.29, 1.82) is 0 Å². The summed E-state index contributed by atoms with van der Waals surface area (Å²) in [5.74, 6) is -1.22. The van der Waals surface area contributed by atoms with E-state index in [0.29, 0.717) is 22.4 Å². The van der Waals surface area contributed by atoms with Gasteiger partial charge < -0.3 is 14.8 Å². The number of aryl methyl sites for hydroxylation is 1. The highest BCUT2D eigenvalue weighted by Crippen LogP contribution is 2.45. The molecule has 8 heteroatoms. The van der Waals surface area contributed by atoms with Gasteiger partial charge >= 0.3 is 0 Å². The second-order valence-corrected chi connectivity index (χ2v) is 8.83. The number of anilines is 1. The molecule has 0 unspecified atom stereocenters. The average Bonchev–Trinajstić information content (AvgIpc) is 3.18. The summed E-state index contributed by atoms with van der Waals surface area (Å²) in [6, 6.07) is 19.0. The van der Waals surface area contributed by atoms with Crippen LogP contribution in [-0.2, 0) is 11.8 Å². The lowest BCUT2D eigenvalue weighted by molar-refractivity contribution is -0.385. The van der Waals surface area contributed by atoms with Crippen LogP contribution in [0.5, 0.6) is 0 Å². The first-order chi connectivity index (χ1) is 16.8. The number of hydrogen-bond donors (Lipinski definition) is 1. The zero-order valence-electron chi connectivity index (χ0n) is 19.6. The van der Waals surface area contributed by atoms with Crippen LogP contribution in [0.4, 0.5) is 11.4 Å². The van der Waals surface area contributed by atoms with Crippen LogP contribution in [0.25, 0.3) is 10.9 Å². The van der Waals surface area contributed by atoms with Gasteiger partial charge in [-0.15, -0.1) is 0 Å². The first-order valence-electron chi connectivity index (χ1n) is 11.2. The molecule has 176 valence electrons. The number of carbonyl (C=O) groups excluding carboxylic acids is 2. The summed E-state index contributed by atoms with van der Waals surface area (Å²) in [6.45, 7) is 1.61. The SMILES string of the molecule is Cc1c(NC(=O)[C@H]2c3ccccc3C(=O)N(C)[C@H]2c2cn(C)c3ccccc23)cccc1[N+](=O)[O-]. The predicted molar refractivity (Wildman–Crippen MR) is 133 cm³/mol. The number of para-hydroxylation sites is 1. The Morgan fingerprint density at radius 1 is 0.971 bits per heavy atom. The molecule has 1 aromatic heterocycles. The molecule has 35 heavy (non-hydrogen) atoms. The number of likely N-dealkylation sites (N-methyl/N-ethyl adjacent to an activating group) is 1. The quantitative estimate of drug-likeness (QED) is 0.339. The van der Waals surface area contributed by atoms with Crippen LogP contribution in [0.3, 0.4) is 0 Å². The molecule has 5 rings (SSSR count). The van der Waals surface area contributed by atoms with E-state index in [1.807, 2.05) is 54.2 Å². The summed E-state index contributed by atoms with van der Waals surface area (Å²) in [5, 5.41) is 15.3. The van der Waals surface area contributed by atoms with Crippen LogP contribution in [0.2, 0.25) is 0 Å². The van der Waals surface area contributed by atoms with Gasteiger partial charge in [-0.2, -0.15) is 0 Å². The lowest BCUT2D eigenvalue weighted by atomic mass is 9.79. The van der Waals surface area contributed by atoms with Crippen molar-refractivity contribution in [3.63, 3.8) is 0 Å². The highest BCUT2D eigenvalue weighted by atomic mass is 16.6. The number of amides is 2. The Morgan fingerprint density at radius 2 is 1.69 bits per heavy atom. The fourth-order valence-electron chi connectivity index (χ4n) is 5.12. The number of nitrogens with one attached hydrogen (secondary N) is 1. The van der Waals surface area contributed by atoms with Gasteiger partial charge in [0.15, 0.2) is 0 Å². The van der Waals surface area contributed by atoms with Crippen LogP contribution in [-0.4, -0.2) is 33.3 Å². The van der Waals surface area contributed by atoms with Gasteiger partial charge in [0.25, 0.3) is 11.6 Å². The van der Waals surface area contributed by atoms with E-state index in [-0.39, 0.29) is 17.5 Å². The van der Waals surface area contributed by atoms with Crippen molar-refractivity contribution >= 4 is 34.1 Å². The molecule has 0 saturated heterocycles. The molecule has 0 radical (unpaired) electrons. The molecule has 4 aromatic rings. The molecule has 0 aliphatic carbocycles. The van der Waals surface area contributed by atoms with Crippen molar-refractivity contribution < 1.29 is 14.5 Å². The monoisotopic (exact) mass is 468 g/mol. The Morgan fingerprint density at radius 3 is 2.46 bits per heavy atom. The van der Waals surface area contributed by atoms with Gasteiger partial charge in [-0.3, -0.25) is 19.7 Å². The third kappa shape index (κ3) is 3.54. The van der Waals surface area contributed by atoms with E-state index in [1.54, 1.807) is 43.1 Å². The summed E-state index contributed by atoms with van der Waals surface area (Å²) in [4.78, 5) is 39.8. The normalized spacial score (nSPS) is 17.3. The fourth-order valence-corrected chi connectivity index (χ4v) is 5.12. The zero-order chi connectivity index (χ0) is 24.9. The number of hydrogen-bond acceptors (Lipinski definition) is 4. The summed E-state index contributed by atoms with van der Waals surface area (Å²) < 4.78 is 1.99. The molecule has 0 fully saturated rings. The van der Waals surface area contributed by atoms with Crippen LogP contribution in [0.15, 0.2) is 72.9 Å². The van der Waals surface area contributed by atoms with E-state index < -0.39 is 16.9 Å². The number of nitrogens with zero attached hydrogens (tertiary/aromatic N) is 3. The number of aromatic nitrogens is 1. The molecule has 2 atom stereocenters. The molecule has 8 nitrogen and oxygen atoms in total. The number of rotatable bonds is 4. The Hall–Kier alpha value is -4.46. The minimum atomic E-state index is -0.724. The first kappa shape index (κ1) is 22.3. The van der Waals surface area contributed by atoms with Gasteiger partial charge in [-0.25, -0.2) is 0 Å². The fraction of sp³-hybridized carbons (Fsp3) is 0.185. The van der Waals surface area contributed by atoms with E-state index in [2.05, 4.69) is 5.32 Å². The minimum absolute atomic E-state index is 0.0651. The Balaban J connectivity index is 1.67. The van der Waals surface area contributed by atoms with Crippen molar-refractivity contribution in [1.82, 2.24) is 9.47 Å². The molecule has 1 N–H and O–H groups in total. The average molecular weight is 469 g/mol. The number of carbonyl (C=O) groups is 2. The third-order valence-corrected chi connectivity index (χ3v) is 6.87.